The summed E-state index contributed by atoms with van der Waals surface area (Å²) in [6.45, 7) is 0.0503. The number of rotatable bonds is 8. The van der Waals surface area contributed by atoms with Crippen molar-refractivity contribution in [3.63, 3.8) is 0 Å². The average Bonchev–Trinajstić information content (AvgIpc) is 2.74. The molecule has 0 fully saturated rings. The highest BCUT2D eigenvalue weighted by molar-refractivity contribution is 6.40. The number of halogens is 3. The molecule has 0 bridgehead atoms. The van der Waals surface area contributed by atoms with Crippen molar-refractivity contribution >= 4 is 46.7 Å². The zero-order valence-corrected chi connectivity index (χ0v) is 18.4. The zero-order valence-electron chi connectivity index (χ0n) is 16.1. The molecule has 8 heteroatoms. The number of esters is 2. The Hall–Kier alpha value is -2.73. The lowest BCUT2D eigenvalue weighted by molar-refractivity contribution is -0.148. The maximum absolute atomic E-state index is 12.0. The Morgan fingerprint density at radius 3 is 2.10 bits per heavy atom. The quantitative estimate of drug-likeness (QED) is 0.261. The molecule has 5 nitrogen and oxygen atoms in total. The molecule has 0 unspecified atom stereocenters. The monoisotopic (exact) mass is 478 g/mol. The van der Waals surface area contributed by atoms with E-state index in [1.165, 1.54) is 12.1 Å². The van der Waals surface area contributed by atoms with Gasteiger partial charge in [0.2, 0.25) is 0 Å². The van der Waals surface area contributed by atoms with Gasteiger partial charge < -0.3 is 14.2 Å². The van der Waals surface area contributed by atoms with Gasteiger partial charge in [-0.2, -0.15) is 0 Å². The molecule has 160 valence electrons. The van der Waals surface area contributed by atoms with E-state index in [1.807, 2.05) is 36.4 Å². The molecule has 0 saturated heterocycles. The van der Waals surface area contributed by atoms with Crippen LogP contribution in [-0.2, 0) is 20.9 Å². The first-order chi connectivity index (χ1) is 14.9. The van der Waals surface area contributed by atoms with Gasteiger partial charge in [0.25, 0.3) is 0 Å². The van der Waals surface area contributed by atoms with Gasteiger partial charge >= 0.3 is 11.9 Å². The van der Waals surface area contributed by atoms with Crippen LogP contribution in [0.25, 0.3) is 0 Å². The van der Waals surface area contributed by atoms with Crippen LogP contribution in [0.5, 0.6) is 17.2 Å². The maximum atomic E-state index is 12.0. The second kappa shape index (κ2) is 11.0. The largest absolute Gasteiger partial charge is 0.461 e. The van der Waals surface area contributed by atoms with Crippen LogP contribution < -0.4 is 9.47 Å². The topological polar surface area (TPSA) is 61.8 Å². The number of ether oxygens (including phenoxy) is 3. The normalized spacial score (nSPS) is 10.4. The summed E-state index contributed by atoms with van der Waals surface area (Å²) in [7, 11) is 0. The number of benzene rings is 3. The molecule has 0 aromatic heterocycles. The summed E-state index contributed by atoms with van der Waals surface area (Å²) >= 11 is 17.8. The fourth-order valence-electron chi connectivity index (χ4n) is 2.55. The summed E-state index contributed by atoms with van der Waals surface area (Å²) in [5, 5.41) is 0.522. The predicted octanol–water partition coefficient (Wildman–Crippen LogP) is 6.87. The van der Waals surface area contributed by atoms with Crippen molar-refractivity contribution in [3.8, 4) is 17.2 Å². The van der Waals surface area contributed by atoms with Crippen molar-refractivity contribution in [2.24, 2.45) is 0 Å². The Morgan fingerprint density at radius 2 is 1.39 bits per heavy atom. The smallest absolute Gasteiger partial charge is 0.311 e. The predicted molar refractivity (Wildman–Crippen MR) is 119 cm³/mol. The Balaban J connectivity index is 1.46. The second-order valence-electron chi connectivity index (χ2n) is 6.40. The molecule has 0 N–H and O–H groups in total. The first kappa shape index (κ1) is 22.9. The first-order valence-corrected chi connectivity index (χ1v) is 10.4. The van der Waals surface area contributed by atoms with Gasteiger partial charge in [0, 0.05) is 5.02 Å². The van der Waals surface area contributed by atoms with E-state index in [9.17, 15) is 9.59 Å². The van der Waals surface area contributed by atoms with E-state index in [1.54, 1.807) is 18.2 Å². The van der Waals surface area contributed by atoms with Crippen molar-refractivity contribution in [2.45, 2.75) is 19.4 Å². The summed E-state index contributed by atoms with van der Waals surface area (Å²) in [6, 6.07) is 19.3. The van der Waals surface area contributed by atoms with Gasteiger partial charge in [-0.3, -0.25) is 9.59 Å². The van der Waals surface area contributed by atoms with Gasteiger partial charge in [0.1, 0.15) is 18.1 Å². The highest BCUT2D eigenvalue weighted by Gasteiger charge is 2.15. The molecule has 31 heavy (non-hydrogen) atoms. The molecular weight excluding hydrogens is 463 g/mol. The third-order valence-electron chi connectivity index (χ3n) is 3.99. The molecule has 0 spiro atoms. The van der Waals surface area contributed by atoms with Gasteiger partial charge in [-0.1, -0.05) is 65.1 Å². The molecule has 0 radical (unpaired) electrons. The van der Waals surface area contributed by atoms with Crippen LogP contribution in [-0.4, -0.2) is 11.9 Å². The third kappa shape index (κ3) is 7.17. The lowest BCUT2D eigenvalue weighted by Crippen LogP contribution is -2.12. The van der Waals surface area contributed by atoms with Crippen molar-refractivity contribution < 1.29 is 23.8 Å². The van der Waals surface area contributed by atoms with Gasteiger partial charge in [0.15, 0.2) is 5.75 Å². The van der Waals surface area contributed by atoms with E-state index < -0.39 is 11.9 Å². The number of carbonyl (C=O) groups is 2. The van der Waals surface area contributed by atoms with Crippen LogP contribution in [0, 0.1) is 0 Å². The van der Waals surface area contributed by atoms with Crippen LogP contribution in [0.15, 0.2) is 66.7 Å². The molecule has 0 aliphatic rings. The highest BCUT2D eigenvalue weighted by Crippen LogP contribution is 2.36. The number of carbonyl (C=O) groups excluding carboxylic acids is 2. The van der Waals surface area contributed by atoms with E-state index >= 15 is 0 Å². The van der Waals surface area contributed by atoms with Crippen molar-refractivity contribution in [1.29, 1.82) is 0 Å². The van der Waals surface area contributed by atoms with Crippen LogP contribution in [0.1, 0.15) is 18.4 Å². The molecule has 0 amide bonds. The van der Waals surface area contributed by atoms with Gasteiger partial charge in [-0.15, -0.1) is 0 Å². The van der Waals surface area contributed by atoms with Crippen LogP contribution in [0.2, 0.25) is 15.1 Å². The number of hydrogen-bond donors (Lipinski definition) is 0. The molecule has 3 aromatic carbocycles. The molecule has 3 rings (SSSR count). The van der Waals surface area contributed by atoms with Crippen molar-refractivity contribution in [2.75, 3.05) is 0 Å². The van der Waals surface area contributed by atoms with Gasteiger partial charge in [-0.05, 0) is 42.0 Å². The minimum Gasteiger partial charge on any atom is -0.461 e. The summed E-state index contributed by atoms with van der Waals surface area (Å²) in [5.74, 6) is 0.124. The lowest BCUT2D eigenvalue weighted by Gasteiger charge is -2.10. The molecule has 0 saturated carbocycles. The average molecular weight is 480 g/mol. The fraction of sp³-hybridized carbons (Fsp3) is 0.130. The highest BCUT2D eigenvalue weighted by atomic mass is 35.5. The molecule has 0 aliphatic heterocycles. The molecule has 0 aliphatic carbocycles. The molecule has 0 heterocycles. The first-order valence-electron chi connectivity index (χ1n) is 9.23. The van der Waals surface area contributed by atoms with Crippen molar-refractivity contribution in [1.82, 2.24) is 0 Å². The summed E-state index contributed by atoms with van der Waals surface area (Å²) in [6.07, 6.45) is -0.340. The minimum absolute atomic E-state index is 0.00123. The van der Waals surface area contributed by atoms with Crippen LogP contribution in [0.3, 0.4) is 0 Å². The van der Waals surface area contributed by atoms with Crippen LogP contribution >= 0.6 is 34.8 Å². The SMILES string of the molecule is O=C(CCC(=O)Oc1c(Cl)cc(Cl)cc1Cl)OCc1cccc(Oc2ccccc2)c1. The molecule has 0 atom stereocenters. The summed E-state index contributed by atoms with van der Waals surface area (Å²) in [4.78, 5) is 24.0. The zero-order chi connectivity index (χ0) is 22.2. The Morgan fingerprint density at radius 1 is 0.742 bits per heavy atom. The third-order valence-corrected chi connectivity index (χ3v) is 4.77. The van der Waals surface area contributed by atoms with E-state index in [0.29, 0.717) is 16.5 Å². The van der Waals surface area contributed by atoms with Crippen LogP contribution in [0.4, 0.5) is 0 Å². The van der Waals surface area contributed by atoms with E-state index in [4.69, 9.17) is 49.0 Å². The second-order valence-corrected chi connectivity index (χ2v) is 7.65. The Bertz CT molecular complexity index is 1050. The van der Waals surface area contributed by atoms with E-state index in [-0.39, 0.29) is 35.2 Å². The van der Waals surface area contributed by atoms with Crippen molar-refractivity contribution in [3.05, 3.63) is 87.4 Å². The standard InChI is InChI=1S/C23H17Cl3O5/c24-16-12-19(25)23(20(26)13-16)31-22(28)10-9-21(27)29-14-15-5-4-8-18(11-15)30-17-6-2-1-3-7-17/h1-8,11-13H,9-10,14H2. The molecular formula is C23H17Cl3O5. The Labute approximate surface area is 194 Å². The van der Waals surface area contributed by atoms with Gasteiger partial charge in [-0.25, -0.2) is 0 Å². The number of hydrogen-bond acceptors (Lipinski definition) is 5. The molecule has 3 aromatic rings. The van der Waals surface area contributed by atoms with E-state index in [0.717, 1.165) is 5.56 Å². The summed E-state index contributed by atoms with van der Waals surface area (Å²) in [5.41, 5.74) is 0.754. The lowest BCUT2D eigenvalue weighted by atomic mass is 10.2. The Kier molecular flexibility index (Phi) is 8.18. The fourth-order valence-corrected chi connectivity index (χ4v) is 3.45. The number of para-hydroxylation sites is 1. The minimum atomic E-state index is -0.665. The van der Waals surface area contributed by atoms with Gasteiger partial charge in [0.05, 0.1) is 22.9 Å². The summed E-state index contributed by atoms with van der Waals surface area (Å²) < 4.78 is 16.1. The maximum Gasteiger partial charge on any atom is 0.311 e. The van der Waals surface area contributed by atoms with E-state index in [2.05, 4.69) is 0 Å².